The predicted octanol–water partition coefficient (Wildman–Crippen LogP) is 4.48. The van der Waals surface area contributed by atoms with Crippen molar-refractivity contribution in [2.45, 2.75) is 25.4 Å². The summed E-state index contributed by atoms with van der Waals surface area (Å²) in [6.45, 7) is 1.94. The molecule has 2 atom stereocenters. The molecule has 0 saturated carbocycles. The van der Waals surface area contributed by atoms with Gasteiger partial charge in [-0.1, -0.05) is 53.5 Å². The third kappa shape index (κ3) is 2.27. The second-order valence-electron chi connectivity index (χ2n) is 5.40. The average molecular weight is 309 g/mol. The molecular weight excluding hydrogens is 295 g/mol. The maximum Gasteiger partial charge on any atom is 0.148 e. The number of hydrogen-bond acceptors (Lipinski definition) is 2. The van der Waals surface area contributed by atoms with Crippen LogP contribution in [0.5, 0.6) is 0 Å². The SMILES string of the molecule is CC1(c2ccccc2)CC(=O)C2CC(Cl)=C(Cl)C=C2O1. The molecule has 0 N–H and O–H groups in total. The fourth-order valence-electron chi connectivity index (χ4n) is 2.76. The maximum absolute atomic E-state index is 12.4. The quantitative estimate of drug-likeness (QED) is 0.764. The van der Waals surface area contributed by atoms with E-state index in [0.29, 0.717) is 28.7 Å². The topological polar surface area (TPSA) is 26.3 Å². The smallest absolute Gasteiger partial charge is 0.148 e. The number of Topliss-reactive ketones (excluding diaryl/α,β-unsaturated/α-hetero) is 1. The third-order valence-corrected chi connectivity index (χ3v) is 4.67. The molecule has 2 nitrogen and oxygen atoms in total. The number of hydrogen-bond donors (Lipinski definition) is 0. The van der Waals surface area contributed by atoms with Crippen LogP contribution in [0.15, 0.2) is 52.2 Å². The van der Waals surface area contributed by atoms with Gasteiger partial charge < -0.3 is 4.74 Å². The van der Waals surface area contributed by atoms with Crippen LogP contribution < -0.4 is 0 Å². The first-order valence-corrected chi connectivity index (χ1v) is 7.28. The highest BCUT2D eigenvalue weighted by molar-refractivity contribution is 6.40. The van der Waals surface area contributed by atoms with Gasteiger partial charge in [-0.2, -0.15) is 0 Å². The number of benzene rings is 1. The Labute approximate surface area is 128 Å². The average Bonchev–Trinajstić information content (AvgIpc) is 2.42. The molecule has 1 aromatic carbocycles. The van der Waals surface area contributed by atoms with Gasteiger partial charge in [-0.3, -0.25) is 4.79 Å². The molecule has 20 heavy (non-hydrogen) atoms. The monoisotopic (exact) mass is 308 g/mol. The lowest BCUT2D eigenvalue weighted by Gasteiger charge is -2.40. The van der Waals surface area contributed by atoms with E-state index in [1.165, 1.54) is 0 Å². The highest BCUT2D eigenvalue weighted by atomic mass is 35.5. The zero-order valence-corrected chi connectivity index (χ0v) is 12.5. The predicted molar refractivity (Wildman–Crippen MR) is 79.4 cm³/mol. The number of fused-ring (bicyclic) bond motifs is 1. The molecule has 1 aliphatic heterocycles. The highest BCUT2D eigenvalue weighted by Gasteiger charge is 2.44. The normalized spacial score (nSPS) is 29.6. The van der Waals surface area contributed by atoms with Crippen LogP contribution in [0.1, 0.15) is 25.3 Å². The summed E-state index contributed by atoms with van der Waals surface area (Å²) in [5.74, 6) is 0.486. The van der Waals surface area contributed by atoms with Crippen molar-refractivity contribution in [3.8, 4) is 0 Å². The van der Waals surface area contributed by atoms with Crippen LogP contribution in [0.25, 0.3) is 0 Å². The molecule has 0 spiro atoms. The first kappa shape index (κ1) is 13.7. The number of rotatable bonds is 1. The molecule has 1 fully saturated rings. The number of ether oxygens (including phenoxy) is 1. The van der Waals surface area contributed by atoms with Crippen LogP contribution in [-0.2, 0) is 15.1 Å². The Balaban J connectivity index is 1.99. The highest BCUT2D eigenvalue weighted by Crippen LogP contribution is 2.45. The lowest BCUT2D eigenvalue weighted by molar-refractivity contribution is -0.137. The van der Waals surface area contributed by atoms with E-state index in [1.54, 1.807) is 6.08 Å². The van der Waals surface area contributed by atoms with Crippen molar-refractivity contribution >= 4 is 29.0 Å². The molecule has 1 aromatic rings. The van der Waals surface area contributed by atoms with Crippen molar-refractivity contribution < 1.29 is 9.53 Å². The van der Waals surface area contributed by atoms with E-state index in [2.05, 4.69) is 0 Å². The van der Waals surface area contributed by atoms with Crippen LogP contribution >= 0.6 is 23.2 Å². The first-order chi connectivity index (χ1) is 9.49. The Morgan fingerprint density at radius 1 is 1.25 bits per heavy atom. The van der Waals surface area contributed by atoms with E-state index in [9.17, 15) is 4.79 Å². The molecule has 3 rings (SSSR count). The largest absolute Gasteiger partial charge is 0.486 e. The Morgan fingerprint density at radius 3 is 2.65 bits per heavy atom. The Morgan fingerprint density at radius 2 is 1.95 bits per heavy atom. The van der Waals surface area contributed by atoms with Gasteiger partial charge in [-0.15, -0.1) is 0 Å². The molecule has 1 saturated heterocycles. The fraction of sp³-hybridized carbons (Fsp3) is 0.312. The minimum Gasteiger partial charge on any atom is -0.486 e. The number of halogens is 2. The van der Waals surface area contributed by atoms with Gasteiger partial charge in [0.1, 0.15) is 17.1 Å². The van der Waals surface area contributed by atoms with E-state index in [0.717, 1.165) is 5.56 Å². The zero-order valence-electron chi connectivity index (χ0n) is 11.0. The van der Waals surface area contributed by atoms with E-state index >= 15 is 0 Å². The summed E-state index contributed by atoms with van der Waals surface area (Å²) in [6.07, 6.45) is 2.47. The van der Waals surface area contributed by atoms with Crippen LogP contribution in [0.4, 0.5) is 0 Å². The van der Waals surface area contributed by atoms with Crippen LogP contribution in [0.2, 0.25) is 0 Å². The van der Waals surface area contributed by atoms with E-state index in [1.807, 2.05) is 37.3 Å². The maximum atomic E-state index is 12.4. The summed E-state index contributed by atoms with van der Waals surface area (Å²) in [4.78, 5) is 12.4. The Hall–Kier alpha value is -1.25. The first-order valence-electron chi connectivity index (χ1n) is 6.52. The van der Waals surface area contributed by atoms with Gasteiger partial charge in [-0.05, 0) is 18.6 Å². The fourth-order valence-corrected chi connectivity index (χ4v) is 3.15. The van der Waals surface area contributed by atoms with Crippen molar-refractivity contribution in [1.29, 1.82) is 0 Å². The molecule has 4 heteroatoms. The van der Waals surface area contributed by atoms with Crippen molar-refractivity contribution in [2.75, 3.05) is 0 Å². The Kier molecular flexibility index (Phi) is 3.39. The molecular formula is C16H14Cl2O2. The molecule has 1 aliphatic carbocycles. The summed E-state index contributed by atoms with van der Waals surface area (Å²) in [5.41, 5.74) is 0.353. The third-order valence-electron chi connectivity index (χ3n) is 3.88. The number of ketones is 1. The van der Waals surface area contributed by atoms with E-state index < -0.39 is 5.60 Å². The van der Waals surface area contributed by atoms with Gasteiger partial charge in [0, 0.05) is 11.5 Å². The van der Waals surface area contributed by atoms with Gasteiger partial charge in [0.2, 0.25) is 0 Å². The van der Waals surface area contributed by atoms with Crippen molar-refractivity contribution in [1.82, 2.24) is 0 Å². The van der Waals surface area contributed by atoms with Gasteiger partial charge in [0.15, 0.2) is 0 Å². The number of carbonyl (C=O) groups excluding carboxylic acids is 1. The van der Waals surface area contributed by atoms with E-state index in [-0.39, 0.29) is 11.7 Å². The van der Waals surface area contributed by atoms with Gasteiger partial charge in [0.25, 0.3) is 0 Å². The zero-order chi connectivity index (χ0) is 14.3. The minimum absolute atomic E-state index is 0.149. The summed E-state index contributed by atoms with van der Waals surface area (Å²) < 4.78 is 6.12. The molecule has 104 valence electrons. The lowest BCUT2D eigenvalue weighted by Crippen LogP contribution is -2.40. The lowest BCUT2D eigenvalue weighted by atomic mass is 9.80. The molecule has 0 radical (unpaired) electrons. The van der Waals surface area contributed by atoms with E-state index in [4.69, 9.17) is 27.9 Å². The molecule has 2 aliphatic rings. The van der Waals surface area contributed by atoms with Crippen LogP contribution in [0, 0.1) is 5.92 Å². The second-order valence-corrected chi connectivity index (χ2v) is 6.26. The standard InChI is InChI=1S/C16H14Cl2O2/c1-16(10-5-3-2-4-6-10)9-14(19)11-7-12(17)13(18)8-15(11)20-16/h2-6,8,11H,7,9H2,1H3. The van der Waals surface area contributed by atoms with Crippen molar-refractivity contribution in [3.63, 3.8) is 0 Å². The summed E-state index contributed by atoms with van der Waals surface area (Å²) in [6, 6.07) is 9.78. The van der Waals surface area contributed by atoms with Gasteiger partial charge >= 0.3 is 0 Å². The summed E-state index contributed by atoms with van der Waals surface area (Å²) in [5, 5.41) is 0.990. The molecule has 0 aromatic heterocycles. The number of carbonyl (C=O) groups is 1. The molecule has 0 bridgehead atoms. The Bertz CT molecular complexity index is 619. The minimum atomic E-state index is -0.637. The van der Waals surface area contributed by atoms with Crippen molar-refractivity contribution in [3.05, 3.63) is 57.8 Å². The number of allylic oxidation sites excluding steroid dienone is 4. The van der Waals surface area contributed by atoms with Gasteiger partial charge in [-0.25, -0.2) is 0 Å². The molecule has 0 amide bonds. The molecule has 1 heterocycles. The summed E-state index contributed by atoms with van der Waals surface area (Å²) in [7, 11) is 0. The van der Waals surface area contributed by atoms with Gasteiger partial charge in [0.05, 0.1) is 17.4 Å². The summed E-state index contributed by atoms with van der Waals surface area (Å²) >= 11 is 12.1. The second kappa shape index (κ2) is 4.94. The van der Waals surface area contributed by atoms with Crippen LogP contribution in [-0.4, -0.2) is 5.78 Å². The molecule has 2 unspecified atom stereocenters. The van der Waals surface area contributed by atoms with Crippen molar-refractivity contribution in [2.24, 2.45) is 5.92 Å². The van der Waals surface area contributed by atoms with Crippen LogP contribution in [0.3, 0.4) is 0 Å².